The minimum absolute atomic E-state index is 0.0499. The molecular formula is C24H18ClFN4O2. The van der Waals surface area contributed by atoms with Crippen molar-refractivity contribution in [1.82, 2.24) is 19.7 Å². The van der Waals surface area contributed by atoms with Crippen molar-refractivity contribution in [3.05, 3.63) is 94.7 Å². The van der Waals surface area contributed by atoms with Gasteiger partial charge in [0.25, 0.3) is 5.91 Å². The van der Waals surface area contributed by atoms with Crippen LogP contribution in [0.15, 0.2) is 67.1 Å². The normalized spacial score (nSPS) is 12.8. The van der Waals surface area contributed by atoms with Crippen LogP contribution in [-0.2, 0) is 20.1 Å². The van der Waals surface area contributed by atoms with Crippen LogP contribution in [0.1, 0.15) is 21.5 Å². The summed E-state index contributed by atoms with van der Waals surface area (Å²) >= 11 is 6.07. The molecule has 4 aromatic rings. The molecule has 2 aromatic carbocycles. The summed E-state index contributed by atoms with van der Waals surface area (Å²) in [6, 6.07) is 14.0. The number of aromatic nitrogens is 3. The molecule has 1 aliphatic heterocycles. The van der Waals surface area contributed by atoms with E-state index in [1.807, 2.05) is 43.7 Å². The summed E-state index contributed by atoms with van der Waals surface area (Å²) in [6.45, 7) is 0.850. The molecule has 160 valence electrons. The molecule has 0 radical (unpaired) electrons. The van der Waals surface area contributed by atoms with E-state index in [0.29, 0.717) is 18.7 Å². The van der Waals surface area contributed by atoms with E-state index in [4.69, 9.17) is 16.3 Å². The molecule has 3 heterocycles. The third-order valence-electron chi connectivity index (χ3n) is 5.35. The Morgan fingerprint density at radius 1 is 1.12 bits per heavy atom. The van der Waals surface area contributed by atoms with E-state index >= 15 is 0 Å². The molecule has 0 atom stereocenters. The number of hydrogen-bond donors (Lipinski definition) is 0. The van der Waals surface area contributed by atoms with Crippen molar-refractivity contribution < 1.29 is 13.9 Å². The van der Waals surface area contributed by atoms with Crippen molar-refractivity contribution in [2.75, 3.05) is 0 Å². The Bertz CT molecular complexity index is 1300. The Labute approximate surface area is 188 Å². The van der Waals surface area contributed by atoms with Crippen LogP contribution in [0.25, 0.3) is 11.1 Å². The van der Waals surface area contributed by atoms with Gasteiger partial charge in [0.1, 0.15) is 5.56 Å². The van der Waals surface area contributed by atoms with Crippen LogP contribution in [-0.4, -0.2) is 25.6 Å². The Kier molecular flexibility index (Phi) is 5.11. The third kappa shape index (κ3) is 3.71. The number of aryl methyl sites for hydroxylation is 1. The summed E-state index contributed by atoms with van der Waals surface area (Å²) in [5.74, 6) is -0.930. The summed E-state index contributed by atoms with van der Waals surface area (Å²) in [5.41, 5.74) is 4.19. The van der Waals surface area contributed by atoms with E-state index in [1.165, 1.54) is 18.2 Å². The smallest absolute Gasteiger partial charge is 0.260 e. The lowest BCUT2D eigenvalue weighted by atomic mass is 10.1. The van der Waals surface area contributed by atoms with Gasteiger partial charge in [0, 0.05) is 38.1 Å². The maximum Gasteiger partial charge on any atom is 0.260 e. The van der Waals surface area contributed by atoms with Crippen LogP contribution in [0.2, 0.25) is 5.02 Å². The number of nitrogens with zero attached hydrogens (tertiary/aromatic N) is 4. The highest BCUT2D eigenvalue weighted by molar-refractivity contribution is 6.32. The monoisotopic (exact) mass is 448 g/mol. The van der Waals surface area contributed by atoms with E-state index in [9.17, 15) is 9.18 Å². The Morgan fingerprint density at radius 3 is 2.66 bits per heavy atom. The minimum atomic E-state index is -0.618. The molecular weight excluding hydrogens is 431 g/mol. The third-order valence-corrected chi connectivity index (χ3v) is 5.65. The van der Waals surface area contributed by atoms with Gasteiger partial charge in [0.2, 0.25) is 5.88 Å². The molecule has 0 spiro atoms. The van der Waals surface area contributed by atoms with Gasteiger partial charge in [-0.25, -0.2) is 9.37 Å². The number of rotatable bonds is 5. The van der Waals surface area contributed by atoms with Gasteiger partial charge in [-0.3, -0.25) is 9.48 Å². The number of hydrogen-bond acceptors (Lipinski definition) is 4. The molecule has 5 rings (SSSR count). The van der Waals surface area contributed by atoms with Gasteiger partial charge >= 0.3 is 0 Å². The number of benzene rings is 2. The van der Waals surface area contributed by atoms with Gasteiger partial charge in [-0.15, -0.1) is 0 Å². The Balaban J connectivity index is 1.36. The first kappa shape index (κ1) is 20.2. The van der Waals surface area contributed by atoms with E-state index in [1.54, 1.807) is 21.8 Å². The number of carbonyl (C=O) groups excluding carboxylic acids is 1. The van der Waals surface area contributed by atoms with Gasteiger partial charge in [-0.05, 0) is 34.9 Å². The van der Waals surface area contributed by atoms with Crippen molar-refractivity contribution in [2.45, 2.75) is 13.1 Å². The predicted molar refractivity (Wildman–Crippen MR) is 118 cm³/mol. The van der Waals surface area contributed by atoms with Gasteiger partial charge < -0.3 is 9.64 Å². The van der Waals surface area contributed by atoms with Crippen LogP contribution in [0.3, 0.4) is 0 Å². The molecule has 0 saturated carbocycles. The lowest BCUT2D eigenvalue weighted by Crippen LogP contribution is -2.23. The molecule has 0 saturated heterocycles. The van der Waals surface area contributed by atoms with Gasteiger partial charge in [0.05, 0.1) is 11.2 Å². The fraction of sp³-hybridized carbons (Fsp3) is 0.125. The largest absolute Gasteiger partial charge is 0.433 e. The minimum Gasteiger partial charge on any atom is -0.433 e. The molecule has 1 amide bonds. The standard InChI is InChI=1S/C24H18ClFN4O2/c1-29-13-18(11-28-29)16-7-5-15(6-8-16)12-30-14-17-9-10-27-23(21(17)24(30)31)32-22-19(25)3-2-4-20(22)26/h2-11,13H,12,14H2,1H3. The number of fused-ring (bicyclic) bond motifs is 1. The number of amides is 1. The Morgan fingerprint density at radius 2 is 1.94 bits per heavy atom. The van der Waals surface area contributed by atoms with Gasteiger partial charge in [-0.1, -0.05) is 41.9 Å². The van der Waals surface area contributed by atoms with Crippen molar-refractivity contribution in [3.63, 3.8) is 0 Å². The highest BCUT2D eigenvalue weighted by Crippen LogP contribution is 2.36. The molecule has 0 bridgehead atoms. The van der Waals surface area contributed by atoms with Crippen molar-refractivity contribution in [1.29, 1.82) is 0 Å². The van der Waals surface area contributed by atoms with Crippen molar-refractivity contribution >= 4 is 17.5 Å². The van der Waals surface area contributed by atoms with Crippen LogP contribution in [0.4, 0.5) is 4.39 Å². The second-order valence-electron chi connectivity index (χ2n) is 7.56. The van der Waals surface area contributed by atoms with Gasteiger partial charge in [0.15, 0.2) is 11.6 Å². The first-order chi connectivity index (χ1) is 15.5. The van der Waals surface area contributed by atoms with Crippen LogP contribution in [0, 0.1) is 5.82 Å². The van der Waals surface area contributed by atoms with Crippen molar-refractivity contribution in [3.8, 4) is 22.8 Å². The molecule has 0 N–H and O–H groups in total. The zero-order valence-corrected chi connectivity index (χ0v) is 17.9. The summed E-state index contributed by atoms with van der Waals surface area (Å²) < 4.78 is 21.6. The van der Waals surface area contributed by atoms with Crippen LogP contribution >= 0.6 is 11.6 Å². The number of halogens is 2. The molecule has 1 aliphatic rings. The lowest BCUT2D eigenvalue weighted by Gasteiger charge is -2.16. The average molecular weight is 449 g/mol. The van der Waals surface area contributed by atoms with Gasteiger partial charge in [-0.2, -0.15) is 5.10 Å². The molecule has 8 heteroatoms. The fourth-order valence-corrected chi connectivity index (χ4v) is 3.95. The number of pyridine rings is 1. The zero-order valence-electron chi connectivity index (χ0n) is 17.1. The zero-order chi connectivity index (χ0) is 22.2. The second kappa shape index (κ2) is 8.09. The average Bonchev–Trinajstić information content (AvgIpc) is 3.35. The van der Waals surface area contributed by atoms with E-state index in [0.717, 1.165) is 22.3 Å². The maximum atomic E-state index is 14.2. The highest BCUT2D eigenvalue weighted by atomic mass is 35.5. The summed E-state index contributed by atoms with van der Waals surface area (Å²) in [5, 5.41) is 4.31. The summed E-state index contributed by atoms with van der Waals surface area (Å²) in [6.07, 6.45) is 5.31. The Hall–Kier alpha value is -3.71. The molecule has 0 unspecified atom stereocenters. The SMILES string of the molecule is Cn1cc(-c2ccc(CN3Cc4ccnc(Oc5c(F)cccc5Cl)c4C3=O)cc2)cn1. The summed E-state index contributed by atoms with van der Waals surface area (Å²) in [4.78, 5) is 19.0. The first-order valence-electron chi connectivity index (χ1n) is 9.96. The summed E-state index contributed by atoms with van der Waals surface area (Å²) in [7, 11) is 1.88. The molecule has 6 nitrogen and oxygen atoms in total. The maximum absolute atomic E-state index is 14.2. The number of para-hydroxylation sites is 1. The number of carbonyl (C=O) groups is 1. The fourth-order valence-electron chi connectivity index (χ4n) is 3.75. The molecule has 2 aromatic heterocycles. The van der Waals surface area contributed by atoms with Crippen LogP contribution < -0.4 is 4.74 Å². The molecule has 32 heavy (non-hydrogen) atoms. The molecule has 0 fully saturated rings. The topological polar surface area (TPSA) is 60.2 Å². The number of ether oxygens (including phenoxy) is 1. The van der Waals surface area contributed by atoms with E-state index in [2.05, 4.69) is 10.1 Å². The van der Waals surface area contributed by atoms with Crippen LogP contribution in [0.5, 0.6) is 11.6 Å². The first-order valence-corrected chi connectivity index (χ1v) is 10.3. The lowest BCUT2D eigenvalue weighted by molar-refractivity contribution is 0.0764. The van der Waals surface area contributed by atoms with E-state index in [-0.39, 0.29) is 22.6 Å². The molecule has 0 aliphatic carbocycles. The quantitative estimate of drug-likeness (QED) is 0.420. The second-order valence-corrected chi connectivity index (χ2v) is 7.97. The predicted octanol–water partition coefficient (Wildman–Crippen LogP) is 5.22. The van der Waals surface area contributed by atoms with E-state index < -0.39 is 5.82 Å². The van der Waals surface area contributed by atoms with Crippen molar-refractivity contribution in [2.24, 2.45) is 7.05 Å². The highest BCUT2D eigenvalue weighted by Gasteiger charge is 2.32.